The first kappa shape index (κ1) is 13.8. The molecule has 0 saturated carbocycles. The van der Waals surface area contributed by atoms with Crippen LogP contribution in [0.2, 0.25) is 5.02 Å². The number of hydrogen-bond donors (Lipinski definition) is 1. The number of pyridine rings is 1. The Kier molecular flexibility index (Phi) is 4.77. The van der Waals surface area contributed by atoms with E-state index in [1.807, 2.05) is 43.3 Å². The number of hydrogen-bond acceptors (Lipinski definition) is 3. The summed E-state index contributed by atoms with van der Waals surface area (Å²) in [5.74, 6) is 0.788. The molecular formula is C15H17ClN2O. The van der Waals surface area contributed by atoms with Crippen LogP contribution in [0, 0.1) is 6.92 Å². The average Bonchev–Trinajstić information content (AvgIpc) is 2.38. The molecule has 0 fully saturated rings. The average molecular weight is 277 g/mol. The molecule has 2 rings (SSSR count). The molecule has 0 aliphatic rings. The maximum atomic E-state index is 5.94. The number of nitrogens with zero attached hydrogens (tertiary/aromatic N) is 1. The minimum Gasteiger partial charge on any atom is -0.487 e. The first-order valence-electron chi connectivity index (χ1n) is 6.23. The predicted octanol–water partition coefficient (Wildman–Crippen LogP) is 3.12. The molecule has 0 saturated heterocycles. The van der Waals surface area contributed by atoms with E-state index in [0.717, 1.165) is 22.7 Å². The molecule has 100 valence electrons. The van der Waals surface area contributed by atoms with E-state index in [9.17, 15) is 0 Å². The fourth-order valence-electron chi connectivity index (χ4n) is 1.83. The Hall–Kier alpha value is -1.58. The quantitative estimate of drug-likeness (QED) is 0.913. The van der Waals surface area contributed by atoms with Gasteiger partial charge in [-0.05, 0) is 43.3 Å². The van der Waals surface area contributed by atoms with E-state index >= 15 is 0 Å². The Morgan fingerprint density at radius 1 is 1.26 bits per heavy atom. The zero-order valence-electron chi connectivity index (χ0n) is 10.9. The molecule has 0 radical (unpaired) electrons. The maximum Gasteiger partial charge on any atom is 0.141 e. The fourth-order valence-corrected chi connectivity index (χ4v) is 2.05. The molecule has 3 nitrogen and oxygen atoms in total. The van der Waals surface area contributed by atoms with Crippen LogP contribution < -0.4 is 10.5 Å². The Morgan fingerprint density at radius 2 is 2.11 bits per heavy atom. The van der Waals surface area contributed by atoms with Crippen molar-refractivity contribution in [2.24, 2.45) is 5.73 Å². The van der Waals surface area contributed by atoms with Gasteiger partial charge in [0.15, 0.2) is 0 Å². The molecule has 4 heteroatoms. The normalized spacial score (nSPS) is 10.5. The first-order chi connectivity index (χ1) is 9.19. The fraction of sp³-hybridized carbons (Fsp3) is 0.267. The van der Waals surface area contributed by atoms with Gasteiger partial charge in [0.2, 0.25) is 0 Å². The maximum absolute atomic E-state index is 5.94. The second-order valence-electron chi connectivity index (χ2n) is 4.35. The molecule has 0 atom stereocenters. The number of nitrogens with two attached hydrogens (primary N) is 1. The van der Waals surface area contributed by atoms with E-state index in [1.165, 1.54) is 0 Å². The van der Waals surface area contributed by atoms with E-state index in [-0.39, 0.29) is 0 Å². The molecule has 0 bridgehead atoms. The molecule has 2 N–H and O–H groups in total. The predicted molar refractivity (Wildman–Crippen MR) is 77.5 cm³/mol. The number of ether oxygens (including phenoxy) is 1. The molecule has 0 spiro atoms. The molecule has 1 heterocycles. The highest BCUT2D eigenvalue weighted by Crippen LogP contribution is 2.19. The van der Waals surface area contributed by atoms with Gasteiger partial charge in [-0.15, -0.1) is 0 Å². The lowest BCUT2D eigenvalue weighted by Crippen LogP contribution is -2.08. The van der Waals surface area contributed by atoms with Crippen molar-refractivity contribution in [3.05, 3.63) is 58.4 Å². The highest BCUT2D eigenvalue weighted by atomic mass is 35.5. The summed E-state index contributed by atoms with van der Waals surface area (Å²) in [7, 11) is 0. The lowest BCUT2D eigenvalue weighted by molar-refractivity contribution is 0.301. The monoisotopic (exact) mass is 276 g/mol. The van der Waals surface area contributed by atoms with E-state index in [4.69, 9.17) is 22.1 Å². The Balaban J connectivity index is 2.10. The molecule has 0 aliphatic heterocycles. The molecule has 2 aromatic rings. The molecule has 0 amide bonds. The van der Waals surface area contributed by atoms with Gasteiger partial charge in [-0.25, -0.2) is 0 Å². The number of rotatable bonds is 5. The minimum atomic E-state index is 0.475. The zero-order chi connectivity index (χ0) is 13.7. The van der Waals surface area contributed by atoms with Crippen molar-refractivity contribution >= 4 is 11.6 Å². The third-order valence-corrected chi connectivity index (χ3v) is 2.97. The second kappa shape index (κ2) is 6.55. The van der Waals surface area contributed by atoms with Crippen molar-refractivity contribution in [2.75, 3.05) is 6.54 Å². The van der Waals surface area contributed by atoms with Crippen molar-refractivity contribution < 1.29 is 4.74 Å². The van der Waals surface area contributed by atoms with Crippen LogP contribution in [0.3, 0.4) is 0 Å². The summed E-state index contributed by atoms with van der Waals surface area (Å²) in [5, 5.41) is 0.713. The van der Waals surface area contributed by atoms with Crippen LogP contribution in [0.4, 0.5) is 0 Å². The zero-order valence-corrected chi connectivity index (χ0v) is 11.7. The summed E-state index contributed by atoms with van der Waals surface area (Å²) in [6, 6.07) is 11.5. The lowest BCUT2D eigenvalue weighted by atomic mass is 10.2. The van der Waals surface area contributed by atoms with Gasteiger partial charge in [0, 0.05) is 17.1 Å². The van der Waals surface area contributed by atoms with Crippen molar-refractivity contribution in [1.29, 1.82) is 0 Å². The van der Waals surface area contributed by atoms with Crippen LogP contribution >= 0.6 is 11.6 Å². The second-order valence-corrected chi connectivity index (χ2v) is 4.79. The highest BCUT2D eigenvalue weighted by Gasteiger charge is 2.06. The van der Waals surface area contributed by atoms with E-state index in [0.29, 0.717) is 24.6 Å². The van der Waals surface area contributed by atoms with E-state index in [1.54, 1.807) is 0 Å². The van der Waals surface area contributed by atoms with Crippen LogP contribution in [0.25, 0.3) is 0 Å². The third-order valence-electron chi connectivity index (χ3n) is 2.74. The van der Waals surface area contributed by atoms with Crippen LogP contribution in [0.1, 0.15) is 17.0 Å². The van der Waals surface area contributed by atoms with Gasteiger partial charge in [-0.3, -0.25) is 4.98 Å². The summed E-state index contributed by atoms with van der Waals surface area (Å²) in [6.45, 7) is 2.99. The lowest BCUT2D eigenvalue weighted by Gasteiger charge is -2.11. The van der Waals surface area contributed by atoms with Crippen molar-refractivity contribution in [2.45, 2.75) is 20.0 Å². The van der Waals surface area contributed by atoms with Gasteiger partial charge in [0.1, 0.15) is 12.4 Å². The molecule has 1 aromatic carbocycles. The Bertz CT molecular complexity index is 558. The molecule has 19 heavy (non-hydrogen) atoms. The summed E-state index contributed by atoms with van der Waals surface area (Å²) in [4.78, 5) is 4.46. The number of benzene rings is 1. The standard InChI is InChI=1S/C15H17ClN2O/c1-11-5-6-15(14(18-11)7-8-17)19-10-12-3-2-4-13(16)9-12/h2-6,9H,7-8,10,17H2,1H3. The van der Waals surface area contributed by atoms with E-state index in [2.05, 4.69) is 4.98 Å². The van der Waals surface area contributed by atoms with Crippen molar-refractivity contribution in [1.82, 2.24) is 4.98 Å². The van der Waals surface area contributed by atoms with Gasteiger partial charge in [0.05, 0.1) is 5.69 Å². The molecule has 0 unspecified atom stereocenters. The number of halogens is 1. The number of aromatic nitrogens is 1. The van der Waals surface area contributed by atoms with Crippen LogP contribution in [0.15, 0.2) is 36.4 Å². The topological polar surface area (TPSA) is 48.1 Å². The third kappa shape index (κ3) is 3.94. The SMILES string of the molecule is Cc1ccc(OCc2cccc(Cl)c2)c(CCN)n1. The van der Waals surface area contributed by atoms with Gasteiger partial charge in [-0.1, -0.05) is 23.7 Å². The Morgan fingerprint density at radius 3 is 2.84 bits per heavy atom. The molecule has 0 aliphatic carbocycles. The van der Waals surface area contributed by atoms with Gasteiger partial charge < -0.3 is 10.5 Å². The summed E-state index contributed by atoms with van der Waals surface area (Å²) in [6.07, 6.45) is 0.715. The highest BCUT2D eigenvalue weighted by molar-refractivity contribution is 6.30. The summed E-state index contributed by atoms with van der Waals surface area (Å²) >= 11 is 5.94. The molecular weight excluding hydrogens is 260 g/mol. The van der Waals surface area contributed by atoms with E-state index < -0.39 is 0 Å². The number of aryl methyl sites for hydroxylation is 1. The first-order valence-corrected chi connectivity index (χ1v) is 6.60. The largest absolute Gasteiger partial charge is 0.487 e. The molecule has 1 aromatic heterocycles. The van der Waals surface area contributed by atoms with Gasteiger partial charge in [0.25, 0.3) is 0 Å². The van der Waals surface area contributed by atoms with Crippen LogP contribution in [0.5, 0.6) is 5.75 Å². The summed E-state index contributed by atoms with van der Waals surface area (Å²) < 4.78 is 5.81. The smallest absolute Gasteiger partial charge is 0.141 e. The van der Waals surface area contributed by atoms with Crippen molar-refractivity contribution in [3.63, 3.8) is 0 Å². The van der Waals surface area contributed by atoms with Crippen LogP contribution in [-0.2, 0) is 13.0 Å². The Labute approximate surface area is 118 Å². The van der Waals surface area contributed by atoms with Crippen LogP contribution in [-0.4, -0.2) is 11.5 Å². The van der Waals surface area contributed by atoms with Gasteiger partial charge >= 0.3 is 0 Å². The van der Waals surface area contributed by atoms with Crippen molar-refractivity contribution in [3.8, 4) is 5.75 Å². The minimum absolute atomic E-state index is 0.475. The van der Waals surface area contributed by atoms with Gasteiger partial charge in [-0.2, -0.15) is 0 Å². The summed E-state index contributed by atoms with van der Waals surface area (Å²) in [5.41, 5.74) is 8.51.